The van der Waals surface area contributed by atoms with E-state index in [1.807, 2.05) is 12.1 Å². The number of carbonyl (C=O) groups is 2. The van der Waals surface area contributed by atoms with E-state index in [4.69, 9.17) is 5.11 Å². The molecule has 94 valence electrons. The summed E-state index contributed by atoms with van der Waals surface area (Å²) in [6.45, 7) is 6.30. The largest absolute Gasteiger partial charge is 0.481 e. The van der Waals surface area contributed by atoms with Crippen LogP contribution in [-0.2, 0) is 15.0 Å². The maximum Gasteiger partial charge on any atom is 0.305 e. The summed E-state index contributed by atoms with van der Waals surface area (Å²) in [4.78, 5) is 23.2. The molecule has 0 spiro atoms. The van der Waals surface area contributed by atoms with Crippen molar-refractivity contribution >= 4 is 23.7 Å². The molecule has 0 saturated heterocycles. The lowest BCUT2D eigenvalue weighted by atomic mass is 9.95. The van der Waals surface area contributed by atoms with Gasteiger partial charge in [0.05, 0.1) is 12.5 Å². The number of aliphatic carboxylic acids is 1. The van der Waals surface area contributed by atoms with Crippen LogP contribution in [0.3, 0.4) is 0 Å². The number of hydrogen-bond acceptors (Lipinski definition) is 3. The molecule has 1 aromatic rings. The summed E-state index contributed by atoms with van der Waals surface area (Å²) in [5.74, 6) is -0.921. The average Bonchev–Trinajstić information content (AvgIpc) is 2.64. The Bertz CT molecular complexity index is 406. The number of thiophene rings is 1. The molecule has 0 aromatic carbocycles. The van der Waals surface area contributed by atoms with Crippen molar-refractivity contribution in [3.05, 3.63) is 21.9 Å². The highest BCUT2D eigenvalue weighted by Crippen LogP contribution is 2.33. The molecular formula is C12H17NO3S. The first-order valence-corrected chi connectivity index (χ1v) is 6.18. The topological polar surface area (TPSA) is 66.4 Å². The summed E-state index contributed by atoms with van der Waals surface area (Å²) < 4.78 is 0. The molecule has 5 heteroatoms. The van der Waals surface area contributed by atoms with Gasteiger partial charge in [-0.1, -0.05) is 20.8 Å². The quantitative estimate of drug-likeness (QED) is 0.793. The fourth-order valence-corrected chi connectivity index (χ4v) is 2.57. The molecule has 1 heterocycles. The van der Waals surface area contributed by atoms with E-state index in [1.54, 1.807) is 11.3 Å². The Morgan fingerprint density at radius 1 is 1.53 bits per heavy atom. The first kappa shape index (κ1) is 13.7. The lowest BCUT2D eigenvalue weighted by Crippen LogP contribution is -2.21. The van der Waals surface area contributed by atoms with Gasteiger partial charge in [-0.2, -0.15) is 0 Å². The zero-order valence-corrected chi connectivity index (χ0v) is 11.0. The average molecular weight is 255 g/mol. The van der Waals surface area contributed by atoms with Crippen molar-refractivity contribution in [2.75, 3.05) is 0 Å². The van der Waals surface area contributed by atoms with E-state index in [1.165, 1.54) is 4.88 Å². The highest BCUT2D eigenvalue weighted by Gasteiger charge is 2.21. The molecule has 0 bridgehead atoms. The summed E-state index contributed by atoms with van der Waals surface area (Å²) in [5.41, 5.74) is 0.0396. The lowest BCUT2D eigenvalue weighted by Gasteiger charge is -2.16. The molecule has 1 unspecified atom stereocenters. The zero-order valence-electron chi connectivity index (χ0n) is 10.2. The van der Waals surface area contributed by atoms with Crippen LogP contribution in [0.15, 0.2) is 12.1 Å². The predicted octanol–water partition coefficient (Wildman–Crippen LogP) is 2.31. The Labute approximate surface area is 105 Å². The van der Waals surface area contributed by atoms with Gasteiger partial charge < -0.3 is 10.4 Å². The Balaban J connectivity index is 2.91. The monoisotopic (exact) mass is 255 g/mol. The number of carboxylic acid groups (broad SMARTS) is 1. The van der Waals surface area contributed by atoms with Crippen molar-refractivity contribution < 1.29 is 14.7 Å². The van der Waals surface area contributed by atoms with Gasteiger partial charge in [-0.25, -0.2) is 0 Å². The van der Waals surface area contributed by atoms with Crippen LogP contribution in [0.25, 0.3) is 0 Å². The molecule has 17 heavy (non-hydrogen) atoms. The van der Waals surface area contributed by atoms with Crippen LogP contribution in [-0.4, -0.2) is 17.5 Å². The van der Waals surface area contributed by atoms with Crippen LogP contribution in [0.2, 0.25) is 0 Å². The van der Waals surface area contributed by atoms with E-state index in [0.29, 0.717) is 6.41 Å². The fraction of sp³-hybridized carbons (Fsp3) is 0.500. The SMILES string of the molecule is CC(C)(C)c1ccc(C(CC(=O)O)NC=O)s1. The zero-order chi connectivity index (χ0) is 13.1. The van der Waals surface area contributed by atoms with Gasteiger partial charge in [0.2, 0.25) is 6.41 Å². The molecule has 0 saturated carbocycles. The molecule has 1 atom stereocenters. The van der Waals surface area contributed by atoms with Crippen LogP contribution in [0, 0.1) is 0 Å². The van der Waals surface area contributed by atoms with E-state index >= 15 is 0 Å². The minimum atomic E-state index is -0.921. The van der Waals surface area contributed by atoms with Crippen molar-refractivity contribution in [3.63, 3.8) is 0 Å². The molecule has 0 radical (unpaired) electrons. The molecular weight excluding hydrogens is 238 g/mol. The van der Waals surface area contributed by atoms with Gasteiger partial charge in [0, 0.05) is 9.75 Å². The van der Waals surface area contributed by atoms with E-state index in [-0.39, 0.29) is 11.8 Å². The van der Waals surface area contributed by atoms with E-state index in [0.717, 1.165) is 4.88 Å². The van der Waals surface area contributed by atoms with Crippen molar-refractivity contribution in [2.45, 2.75) is 38.6 Å². The molecule has 1 aromatic heterocycles. The maximum atomic E-state index is 10.7. The Hall–Kier alpha value is -1.36. The van der Waals surface area contributed by atoms with E-state index in [2.05, 4.69) is 26.1 Å². The van der Waals surface area contributed by atoms with Crippen LogP contribution < -0.4 is 5.32 Å². The molecule has 4 nitrogen and oxygen atoms in total. The standard InChI is InChI=1S/C12H17NO3S/c1-12(2,3)10-5-4-9(17-10)8(13-7-14)6-11(15)16/h4-5,7-8H,6H2,1-3H3,(H,13,14)(H,15,16). The van der Waals surface area contributed by atoms with Crippen LogP contribution >= 0.6 is 11.3 Å². The number of carboxylic acids is 1. The van der Waals surface area contributed by atoms with Gasteiger partial charge in [0.1, 0.15) is 0 Å². The minimum Gasteiger partial charge on any atom is -0.481 e. The minimum absolute atomic E-state index is 0.0396. The highest BCUT2D eigenvalue weighted by molar-refractivity contribution is 7.12. The van der Waals surface area contributed by atoms with Gasteiger partial charge in [-0.15, -0.1) is 11.3 Å². The third-order valence-electron chi connectivity index (χ3n) is 2.36. The second-order valence-corrected chi connectivity index (χ2v) is 6.00. The smallest absolute Gasteiger partial charge is 0.305 e. The number of nitrogens with one attached hydrogen (secondary N) is 1. The van der Waals surface area contributed by atoms with Crippen LogP contribution in [0.4, 0.5) is 0 Å². The van der Waals surface area contributed by atoms with Crippen molar-refractivity contribution in [1.29, 1.82) is 0 Å². The van der Waals surface area contributed by atoms with E-state index < -0.39 is 12.0 Å². The predicted molar refractivity (Wildman–Crippen MR) is 67.2 cm³/mol. The third-order valence-corrected chi connectivity index (χ3v) is 3.98. The van der Waals surface area contributed by atoms with Crippen molar-refractivity contribution in [1.82, 2.24) is 5.32 Å². The second-order valence-electron chi connectivity index (χ2n) is 4.89. The molecule has 1 rings (SSSR count). The van der Waals surface area contributed by atoms with Gasteiger partial charge in [0.25, 0.3) is 0 Å². The lowest BCUT2D eigenvalue weighted by molar-refractivity contribution is -0.137. The normalized spacial score (nSPS) is 13.1. The van der Waals surface area contributed by atoms with Crippen LogP contribution in [0.1, 0.15) is 43.0 Å². The first-order valence-electron chi connectivity index (χ1n) is 5.36. The number of rotatable bonds is 5. The van der Waals surface area contributed by atoms with Gasteiger partial charge in [0.15, 0.2) is 0 Å². The molecule has 2 N–H and O–H groups in total. The highest BCUT2D eigenvalue weighted by atomic mass is 32.1. The number of amides is 1. The second kappa shape index (κ2) is 5.31. The summed E-state index contributed by atoms with van der Waals surface area (Å²) in [5, 5.41) is 11.3. The number of hydrogen-bond donors (Lipinski definition) is 2. The molecule has 1 amide bonds. The fourth-order valence-electron chi connectivity index (χ4n) is 1.44. The molecule has 0 fully saturated rings. The van der Waals surface area contributed by atoms with Crippen molar-refractivity contribution in [3.8, 4) is 0 Å². The Morgan fingerprint density at radius 3 is 2.59 bits per heavy atom. The number of carbonyl (C=O) groups excluding carboxylic acids is 1. The van der Waals surface area contributed by atoms with Gasteiger partial charge in [-0.3, -0.25) is 9.59 Å². The van der Waals surface area contributed by atoms with E-state index in [9.17, 15) is 9.59 Å². The van der Waals surface area contributed by atoms with Gasteiger partial charge >= 0.3 is 5.97 Å². The van der Waals surface area contributed by atoms with Crippen LogP contribution in [0.5, 0.6) is 0 Å². The third kappa shape index (κ3) is 3.85. The van der Waals surface area contributed by atoms with Gasteiger partial charge in [-0.05, 0) is 17.5 Å². The summed E-state index contributed by atoms with van der Waals surface area (Å²) in [6, 6.07) is 3.43. The van der Waals surface area contributed by atoms with Crippen molar-refractivity contribution in [2.24, 2.45) is 0 Å². The summed E-state index contributed by atoms with van der Waals surface area (Å²) in [6.07, 6.45) is 0.451. The molecule has 0 aliphatic rings. The summed E-state index contributed by atoms with van der Waals surface area (Å²) >= 11 is 1.55. The Morgan fingerprint density at radius 2 is 2.18 bits per heavy atom. The maximum absolute atomic E-state index is 10.7. The Kier molecular flexibility index (Phi) is 4.28. The summed E-state index contributed by atoms with van der Waals surface area (Å²) in [7, 11) is 0. The molecule has 0 aliphatic carbocycles. The molecule has 0 aliphatic heterocycles. The first-order chi connectivity index (χ1) is 7.84.